The molecule has 2 rings (SSSR count). The Hall–Kier alpha value is -2.36. The predicted octanol–water partition coefficient (Wildman–Crippen LogP) is 3.51. The molecule has 20 heavy (non-hydrogen) atoms. The zero-order valence-electron chi connectivity index (χ0n) is 11.5. The van der Waals surface area contributed by atoms with Crippen LogP contribution >= 0.6 is 0 Å². The van der Waals surface area contributed by atoms with Gasteiger partial charge in [-0.2, -0.15) is 0 Å². The molecule has 0 spiro atoms. The first-order valence-electron chi connectivity index (χ1n) is 6.75. The minimum atomic E-state index is -0.376. The van der Waals surface area contributed by atoms with Crippen LogP contribution in [0.4, 0.5) is 5.69 Å². The van der Waals surface area contributed by atoms with Crippen molar-refractivity contribution in [1.29, 1.82) is 0 Å². The lowest BCUT2D eigenvalue weighted by Gasteiger charge is -2.07. The fourth-order valence-electron chi connectivity index (χ4n) is 1.70. The first-order chi connectivity index (χ1) is 9.79. The lowest BCUT2D eigenvalue weighted by molar-refractivity contribution is 0.0734. The number of benzene rings is 1. The van der Waals surface area contributed by atoms with Gasteiger partial charge >= 0.3 is 5.97 Å². The molecule has 104 valence electrons. The van der Waals surface area contributed by atoms with Gasteiger partial charge in [0, 0.05) is 24.6 Å². The highest BCUT2D eigenvalue weighted by molar-refractivity contribution is 5.90. The molecule has 4 nitrogen and oxygen atoms in total. The first-order valence-corrected chi connectivity index (χ1v) is 6.75. The van der Waals surface area contributed by atoms with Crippen molar-refractivity contribution in [3.63, 3.8) is 0 Å². The largest absolute Gasteiger partial charge is 0.423 e. The molecule has 1 N–H and O–H groups in total. The standard InChI is InChI=1S/C16H18N2O2/c1-2-3-10-18-14-4-6-15(7-5-14)20-16(19)13-8-11-17-12-9-13/h4-9,11-12,18H,2-3,10H2,1H3. The van der Waals surface area contributed by atoms with Crippen LogP contribution in [0.3, 0.4) is 0 Å². The van der Waals surface area contributed by atoms with Crippen LogP contribution in [-0.2, 0) is 0 Å². The quantitative estimate of drug-likeness (QED) is 0.496. The van der Waals surface area contributed by atoms with Crippen LogP contribution in [0.1, 0.15) is 30.1 Å². The number of nitrogens with zero attached hydrogens (tertiary/aromatic N) is 1. The second-order valence-corrected chi connectivity index (χ2v) is 4.43. The van der Waals surface area contributed by atoms with Gasteiger partial charge in [-0.25, -0.2) is 4.79 Å². The Morgan fingerprint density at radius 2 is 1.85 bits per heavy atom. The number of carbonyl (C=O) groups is 1. The van der Waals surface area contributed by atoms with Crippen LogP contribution in [0, 0.1) is 0 Å². The molecule has 0 saturated carbocycles. The summed E-state index contributed by atoms with van der Waals surface area (Å²) in [5.74, 6) is 0.159. The predicted molar refractivity (Wildman–Crippen MR) is 79.0 cm³/mol. The topological polar surface area (TPSA) is 51.2 Å². The normalized spacial score (nSPS) is 10.1. The van der Waals surface area contributed by atoms with Crippen molar-refractivity contribution in [2.24, 2.45) is 0 Å². The number of aromatic nitrogens is 1. The van der Waals surface area contributed by atoms with E-state index in [9.17, 15) is 4.79 Å². The molecule has 2 aromatic rings. The summed E-state index contributed by atoms with van der Waals surface area (Å²) in [7, 11) is 0. The number of hydrogen-bond donors (Lipinski definition) is 1. The Labute approximate surface area is 118 Å². The van der Waals surface area contributed by atoms with Crippen molar-refractivity contribution in [1.82, 2.24) is 4.98 Å². The van der Waals surface area contributed by atoms with Gasteiger partial charge in [0.1, 0.15) is 5.75 Å². The minimum Gasteiger partial charge on any atom is -0.423 e. The van der Waals surface area contributed by atoms with E-state index in [1.54, 1.807) is 36.7 Å². The van der Waals surface area contributed by atoms with Crippen molar-refractivity contribution in [2.75, 3.05) is 11.9 Å². The molecule has 4 heteroatoms. The van der Waals surface area contributed by atoms with Gasteiger partial charge in [-0.3, -0.25) is 4.98 Å². The summed E-state index contributed by atoms with van der Waals surface area (Å²) < 4.78 is 5.29. The maximum Gasteiger partial charge on any atom is 0.343 e. The van der Waals surface area contributed by atoms with Crippen LogP contribution in [0.25, 0.3) is 0 Å². The van der Waals surface area contributed by atoms with E-state index in [2.05, 4.69) is 17.2 Å². The molecule has 1 aromatic carbocycles. The van der Waals surface area contributed by atoms with Gasteiger partial charge in [0.2, 0.25) is 0 Å². The summed E-state index contributed by atoms with van der Waals surface area (Å²) >= 11 is 0. The van der Waals surface area contributed by atoms with E-state index in [0.29, 0.717) is 11.3 Å². The van der Waals surface area contributed by atoms with Crippen LogP contribution in [0.5, 0.6) is 5.75 Å². The number of rotatable bonds is 6. The number of ether oxygens (including phenoxy) is 1. The third kappa shape index (κ3) is 4.09. The SMILES string of the molecule is CCCCNc1ccc(OC(=O)c2ccncc2)cc1. The maximum absolute atomic E-state index is 11.8. The minimum absolute atomic E-state index is 0.376. The summed E-state index contributed by atoms with van der Waals surface area (Å²) in [5.41, 5.74) is 1.52. The molecular weight excluding hydrogens is 252 g/mol. The Morgan fingerprint density at radius 3 is 2.50 bits per heavy atom. The van der Waals surface area contributed by atoms with Crippen LogP contribution in [0.2, 0.25) is 0 Å². The number of nitrogens with one attached hydrogen (secondary N) is 1. The molecule has 0 aliphatic carbocycles. The van der Waals surface area contributed by atoms with E-state index < -0.39 is 0 Å². The van der Waals surface area contributed by atoms with E-state index in [-0.39, 0.29) is 5.97 Å². The average molecular weight is 270 g/mol. The summed E-state index contributed by atoms with van der Waals surface area (Å²) in [6, 6.07) is 10.6. The Bertz CT molecular complexity index is 538. The number of esters is 1. The monoisotopic (exact) mass is 270 g/mol. The summed E-state index contributed by atoms with van der Waals surface area (Å²) in [6.07, 6.45) is 5.43. The zero-order chi connectivity index (χ0) is 14.2. The zero-order valence-corrected chi connectivity index (χ0v) is 11.5. The van der Waals surface area contributed by atoms with E-state index in [1.807, 2.05) is 12.1 Å². The van der Waals surface area contributed by atoms with Crippen molar-refractivity contribution < 1.29 is 9.53 Å². The molecule has 0 saturated heterocycles. The summed E-state index contributed by atoms with van der Waals surface area (Å²) in [5, 5.41) is 3.31. The van der Waals surface area contributed by atoms with Gasteiger partial charge in [-0.15, -0.1) is 0 Å². The lowest BCUT2D eigenvalue weighted by Crippen LogP contribution is -2.08. The molecule has 0 atom stereocenters. The molecule has 0 unspecified atom stereocenters. The van der Waals surface area contributed by atoms with Crippen molar-refractivity contribution in [3.05, 3.63) is 54.4 Å². The molecule has 0 bridgehead atoms. The highest BCUT2D eigenvalue weighted by Gasteiger charge is 2.07. The third-order valence-corrected chi connectivity index (χ3v) is 2.84. The highest BCUT2D eigenvalue weighted by Crippen LogP contribution is 2.17. The van der Waals surface area contributed by atoms with Crippen LogP contribution in [0.15, 0.2) is 48.8 Å². The lowest BCUT2D eigenvalue weighted by atomic mass is 10.2. The fraction of sp³-hybridized carbons (Fsp3) is 0.250. The van der Waals surface area contributed by atoms with Crippen molar-refractivity contribution in [2.45, 2.75) is 19.8 Å². The Balaban J connectivity index is 1.92. The average Bonchev–Trinajstić information content (AvgIpc) is 2.50. The highest BCUT2D eigenvalue weighted by atomic mass is 16.5. The number of unbranched alkanes of at least 4 members (excludes halogenated alkanes) is 1. The van der Waals surface area contributed by atoms with Gasteiger partial charge in [-0.05, 0) is 42.8 Å². The number of carbonyl (C=O) groups excluding carboxylic acids is 1. The molecule has 0 amide bonds. The third-order valence-electron chi connectivity index (χ3n) is 2.84. The smallest absolute Gasteiger partial charge is 0.343 e. The van der Waals surface area contributed by atoms with Gasteiger partial charge < -0.3 is 10.1 Å². The van der Waals surface area contributed by atoms with Gasteiger partial charge in [-0.1, -0.05) is 13.3 Å². The van der Waals surface area contributed by atoms with Crippen molar-refractivity contribution in [3.8, 4) is 5.75 Å². The van der Waals surface area contributed by atoms with Gasteiger partial charge in [0.05, 0.1) is 5.56 Å². The molecule has 0 aliphatic rings. The van der Waals surface area contributed by atoms with E-state index in [1.165, 1.54) is 0 Å². The molecule has 0 radical (unpaired) electrons. The van der Waals surface area contributed by atoms with Gasteiger partial charge in [0.25, 0.3) is 0 Å². The second kappa shape index (κ2) is 7.28. The Kier molecular flexibility index (Phi) is 5.12. The first kappa shape index (κ1) is 14.1. The van der Waals surface area contributed by atoms with E-state index in [0.717, 1.165) is 25.1 Å². The maximum atomic E-state index is 11.8. The summed E-state index contributed by atoms with van der Waals surface area (Å²) in [6.45, 7) is 3.11. The molecule has 0 aliphatic heterocycles. The molecule has 1 aromatic heterocycles. The molecule has 0 fully saturated rings. The van der Waals surface area contributed by atoms with E-state index in [4.69, 9.17) is 4.74 Å². The van der Waals surface area contributed by atoms with Crippen molar-refractivity contribution >= 4 is 11.7 Å². The van der Waals surface area contributed by atoms with Crippen LogP contribution in [-0.4, -0.2) is 17.5 Å². The number of anilines is 1. The molecule has 1 heterocycles. The second-order valence-electron chi connectivity index (χ2n) is 4.43. The van der Waals surface area contributed by atoms with Gasteiger partial charge in [0.15, 0.2) is 0 Å². The summed E-state index contributed by atoms with van der Waals surface area (Å²) in [4.78, 5) is 15.7. The number of pyridine rings is 1. The fourth-order valence-corrected chi connectivity index (χ4v) is 1.70. The number of hydrogen-bond acceptors (Lipinski definition) is 4. The Morgan fingerprint density at radius 1 is 1.15 bits per heavy atom. The van der Waals surface area contributed by atoms with E-state index >= 15 is 0 Å². The van der Waals surface area contributed by atoms with Crippen LogP contribution < -0.4 is 10.1 Å². The molecular formula is C16H18N2O2.